The van der Waals surface area contributed by atoms with Crippen molar-refractivity contribution in [2.75, 3.05) is 27.4 Å². The van der Waals surface area contributed by atoms with E-state index >= 15 is 0 Å². The van der Waals surface area contributed by atoms with Crippen molar-refractivity contribution in [2.45, 2.75) is 23.8 Å². The summed E-state index contributed by atoms with van der Waals surface area (Å²) in [5.41, 5.74) is -0.329. The summed E-state index contributed by atoms with van der Waals surface area (Å²) in [6.07, 6.45) is 1.75. The molecule has 10 heteroatoms. The number of carbonyl (C=O) groups is 2. The fraction of sp³-hybridized carbons (Fsp3) is 0.467. The number of benzene rings is 1. The van der Waals surface area contributed by atoms with Gasteiger partial charge in [-0.25, -0.2) is 13.2 Å². The lowest BCUT2D eigenvalue weighted by molar-refractivity contribution is -0.127. The van der Waals surface area contributed by atoms with Gasteiger partial charge in [0.15, 0.2) is 11.5 Å². The van der Waals surface area contributed by atoms with E-state index in [9.17, 15) is 23.1 Å². The number of rotatable bonds is 6. The monoisotopic (exact) mass is 370 g/mol. The Bertz CT molecular complexity index is 833. The quantitative estimate of drug-likeness (QED) is 0.769. The number of ether oxygens (including phenoxy) is 2. The van der Waals surface area contributed by atoms with Crippen molar-refractivity contribution >= 4 is 21.9 Å². The zero-order valence-corrected chi connectivity index (χ0v) is 14.6. The average Bonchev–Trinajstić information content (AvgIpc) is 3.34. The van der Waals surface area contributed by atoms with E-state index < -0.39 is 16.0 Å². The zero-order valence-electron chi connectivity index (χ0n) is 13.8. The molecule has 1 aromatic carbocycles. The van der Waals surface area contributed by atoms with Gasteiger partial charge in [-0.3, -0.25) is 4.79 Å². The van der Waals surface area contributed by atoms with E-state index in [1.165, 1.54) is 25.2 Å². The molecule has 25 heavy (non-hydrogen) atoms. The van der Waals surface area contributed by atoms with Gasteiger partial charge in [-0.05, 0) is 18.9 Å². The van der Waals surface area contributed by atoms with E-state index in [0.717, 1.165) is 23.2 Å². The van der Waals surface area contributed by atoms with E-state index in [-0.39, 0.29) is 47.1 Å². The normalized spacial score (nSPS) is 18.5. The Morgan fingerprint density at radius 3 is 2.44 bits per heavy atom. The number of methoxy groups -OCH3 is 2. The molecule has 0 unspecified atom stereocenters. The standard InChI is InChI=1S/C15H18N2O7S/c1-23-12-6-10(5-11(15(19)20)14(12)24-2)25(21,22)16-7-13(18)17(8-16)9-3-4-9/h5-6,9H,3-4,7-8H2,1-2H3,(H,19,20). The van der Waals surface area contributed by atoms with Gasteiger partial charge in [-0.2, -0.15) is 4.31 Å². The number of carboxylic acid groups (broad SMARTS) is 1. The van der Waals surface area contributed by atoms with Gasteiger partial charge in [0.05, 0.1) is 32.3 Å². The topological polar surface area (TPSA) is 113 Å². The van der Waals surface area contributed by atoms with Crippen molar-refractivity contribution in [1.29, 1.82) is 0 Å². The van der Waals surface area contributed by atoms with Gasteiger partial charge in [-0.15, -0.1) is 0 Å². The number of sulfonamides is 1. The molecule has 1 amide bonds. The maximum Gasteiger partial charge on any atom is 0.339 e. The highest BCUT2D eigenvalue weighted by Gasteiger charge is 2.43. The number of carboxylic acids is 1. The van der Waals surface area contributed by atoms with Gasteiger partial charge < -0.3 is 19.5 Å². The number of amides is 1. The number of carbonyl (C=O) groups excluding carboxylic acids is 1. The molecule has 9 nitrogen and oxygen atoms in total. The fourth-order valence-corrected chi connectivity index (χ4v) is 4.18. The molecule has 1 aliphatic carbocycles. The molecule has 1 aliphatic heterocycles. The first-order chi connectivity index (χ1) is 11.8. The van der Waals surface area contributed by atoms with Crippen LogP contribution in [0.4, 0.5) is 0 Å². The second-order valence-electron chi connectivity index (χ2n) is 5.86. The highest BCUT2D eigenvalue weighted by atomic mass is 32.2. The van der Waals surface area contributed by atoms with Crippen LogP contribution in [0.5, 0.6) is 11.5 Å². The summed E-state index contributed by atoms with van der Waals surface area (Å²) in [6, 6.07) is 2.32. The summed E-state index contributed by atoms with van der Waals surface area (Å²) in [6.45, 7) is -0.280. The largest absolute Gasteiger partial charge is 0.493 e. The Hall–Kier alpha value is -2.33. The summed E-state index contributed by atoms with van der Waals surface area (Å²) in [5.74, 6) is -1.66. The van der Waals surface area contributed by atoms with Crippen molar-refractivity contribution in [2.24, 2.45) is 0 Å². The van der Waals surface area contributed by atoms with Gasteiger partial charge in [0.1, 0.15) is 5.56 Å². The minimum absolute atomic E-state index is 0.00875. The molecule has 1 heterocycles. The molecule has 0 aromatic heterocycles. The molecule has 3 rings (SSSR count). The summed E-state index contributed by atoms with van der Waals surface area (Å²) in [4.78, 5) is 24.8. The van der Waals surface area contributed by atoms with Gasteiger partial charge in [-0.1, -0.05) is 0 Å². The molecule has 1 aromatic rings. The first-order valence-electron chi connectivity index (χ1n) is 7.58. The molecule has 1 saturated carbocycles. The zero-order chi connectivity index (χ0) is 18.4. The highest BCUT2D eigenvalue weighted by molar-refractivity contribution is 7.89. The Morgan fingerprint density at radius 2 is 1.92 bits per heavy atom. The molecule has 1 N–H and O–H groups in total. The Morgan fingerprint density at radius 1 is 1.24 bits per heavy atom. The highest BCUT2D eigenvalue weighted by Crippen LogP contribution is 2.36. The summed E-state index contributed by atoms with van der Waals surface area (Å²) in [7, 11) is -1.50. The molecule has 1 saturated heterocycles. The molecule has 0 atom stereocenters. The number of aromatic carboxylic acids is 1. The van der Waals surface area contributed by atoms with E-state index in [1.54, 1.807) is 0 Å². The second-order valence-corrected chi connectivity index (χ2v) is 7.80. The summed E-state index contributed by atoms with van der Waals surface area (Å²) >= 11 is 0. The van der Waals surface area contributed by atoms with Crippen LogP contribution in [0.15, 0.2) is 17.0 Å². The average molecular weight is 370 g/mol. The minimum Gasteiger partial charge on any atom is -0.493 e. The van der Waals surface area contributed by atoms with E-state index in [2.05, 4.69) is 0 Å². The van der Waals surface area contributed by atoms with Gasteiger partial charge in [0.2, 0.25) is 15.9 Å². The Labute approximate surface area is 144 Å². The third-order valence-electron chi connectivity index (χ3n) is 4.25. The second kappa shape index (κ2) is 6.19. The molecule has 2 aliphatic rings. The predicted molar refractivity (Wildman–Crippen MR) is 85.1 cm³/mol. The lowest BCUT2D eigenvalue weighted by atomic mass is 10.2. The van der Waals surface area contributed by atoms with Crippen LogP contribution in [-0.4, -0.2) is 68.1 Å². The predicted octanol–water partition coefficient (Wildman–Crippen LogP) is 0.355. The Balaban J connectivity index is 2.01. The van der Waals surface area contributed by atoms with Crippen LogP contribution in [-0.2, 0) is 14.8 Å². The van der Waals surface area contributed by atoms with Crippen molar-refractivity contribution in [1.82, 2.24) is 9.21 Å². The van der Waals surface area contributed by atoms with E-state index in [0.29, 0.717) is 0 Å². The van der Waals surface area contributed by atoms with Crippen LogP contribution >= 0.6 is 0 Å². The molecule has 0 radical (unpaired) electrons. The number of hydrogen-bond donors (Lipinski definition) is 1. The number of nitrogens with zero attached hydrogens (tertiary/aromatic N) is 2. The lowest BCUT2D eigenvalue weighted by Crippen LogP contribution is -2.32. The summed E-state index contributed by atoms with van der Waals surface area (Å²) < 4.78 is 36.9. The SMILES string of the molecule is COc1cc(S(=O)(=O)N2CC(=O)N(C3CC3)C2)cc(C(=O)O)c1OC. The third kappa shape index (κ3) is 3.02. The smallest absolute Gasteiger partial charge is 0.339 e. The van der Waals surface area contributed by atoms with Crippen molar-refractivity contribution in [3.8, 4) is 11.5 Å². The van der Waals surface area contributed by atoms with Crippen LogP contribution in [0.3, 0.4) is 0 Å². The molecule has 2 fully saturated rings. The molecular formula is C15H18N2O7S. The van der Waals surface area contributed by atoms with Crippen LogP contribution in [0.2, 0.25) is 0 Å². The molecule has 136 valence electrons. The maximum atomic E-state index is 12.9. The number of hydrogen-bond acceptors (Lipinski definition) is 6. The van der Waals surface area contributed by atoms with Gasteiger partial charge >= 0.3 is 5.97 Å². The van der Waals surface area contributed by atoms with Crippen LogP contribution in [0, 0.1) is 0 Å². The first kappa shape index (κ1) is 17.5. The molecule has 0 bridgehead atoms. The lowest BCUT2D eigenvalue weighted by Gasteiger charge is -2.19. The van der Waals surface area contributed by atoms with Crippen molar-refractivity contribution < 1.29 is 32.6 Å². The Kier molecular flexibility index (Phi) is 4.33. The first-order valence-corrected chi connectivity index (χ1v) is 9.02. The molecule has 0 spiro atoms. The van der Waals surface area contributed by atoms with Crippen molar-refractivity contribution in [3.05, 3.63) is 17.7 Å². The van der Waals surface area contributed by atoms with Crippen molar-refractivity contribution in [3.63, 3.8) is 0 Å². The fourth-order valence-electron chi connectivity index (χ4n) is 2.80. The van der Waals surface area contributed by atoms with Crippen LogP contribution < -0.4 is 9.47 Å². The van der Waals surface area contributed by atoms with Gasteiger partial charge in [0.25, 0.3) is 0 Å². The maximum absolute atomic E-state index is 12.9. The minimum atomic E-state index is -4.05. The van der Waals surface area contributed by atoms with Gasteiger partial charge in [0, 0.05) is 12.1 Å². The summed E-state index contributed by atoms with van der Waals surface area (Å²) in [5, 5.41) is 9.33. The third-order valence-corrected chi connectivity index (χ3v) is 6.01. The van der Waals surface area contributed by atoms with Crippen LogP contribution in [0.1, 0.15) is 23.2 Å². The van der Waals surface area contributed by atoms with E-state index in [1.807, 2.05) is 0 Å². The van der Waals surface area contributed by atoms with E-state index in [4.69, 9.17) is 9.47 Å². The molecular weight excluding hydrogens is 352 g/mol. The van der Waals surface area contributed by atoms with Crippen LogP contribution in [0.25, 0.3) is 0 Å².